The van der Waals surface area contributed by atoms with Crippen molar-refractivity contribution in [1.82, 2.24) is 5.43 Å². The molecule has 0 aromatic rings. The lowest BCUT2D eigenvalue weighted by Crippen LogP contribution is -2.65. The van der Waals surface area contributed by atoms with E-state index < -0.39 is 54.5 Å². The van der Waals surface area contributed by atoms with E-state index in [9.17, 15) is 19.2 Å². The smallest absolute Gasteiger partial charge is 0.305 e. The number of nitrogens with zero attached hydrogens (tertiary/aromatic N) is 3. The third-order valence-electron chi connectivity index (χ3n) is 3.23. The molecular weight excluding hydrogens is 368 g/mol. The van der Waals surface area contributed by atoms with Crippen LogP contribution in [0.1, 0.15) is 27.7 Å². The molecule has 0 aromatic carbocycles. The largest absolute Gasteiger partial charge is 0.463 e. The summed E-state index contributed by atoms with van der Waals surface area (Å²) < 4.78 is 25.8. The van der Waals surface area contributed by atoms with E-state index in [2.05, 4.69) is 15.6 Å². The van der Waals surface area contributed by atoms with E-state index in [0.717, 1.165) is 27.7 Å². The second-order valence-electron chi connectivity index (χ2n) is 5.45. The maximum Gasteiger partial charge on any atom is 0.305 e. The summed E-state index contributed by atoms with van der Waals surface area (Å²) >= 11 is 0. The van der Waals surface area contributed by atoms with Gasteiger partial charge in [-0.05, 0) is 5.22 Å². The van der Waals surface area contributed by atoms with Crippen LogP contribution in [0.4, 0.5) is 0 Å². The van der Waals surface area contributed by atoms with E-state index in [1.165, 1.54) is 0 Å². The highest BCUT2D eigenvalue weighted by Gasteiger charge is 2.53. The Morgan fingerprint density at radius 2 is 1.52 bits per heavy atom. The Balaban J connectivity index is 3.28. The molecule has 0 saturated carbocycles. The van der Waals surface area contributed by atoms with Gasteiger partial charge in [-0.2, -0.15) is 4.91 Å². The summed E-state index contributed by atoms with van der Waals surface area (Å²) in [7, 11) is 0. The van der Waals surface area contributed by atoms with Gasteiger partial charge in [-0.25, -0.2) is 5.43 Å². The van der Waals surface area contributed by atoms with Crippen LogP contribution in [-0.2, 0) is 42.9 Å². The van der Waals surface area contributed by atoms with Crippen LogP contribution >= 0.6 is 0 Å². The van der Waals surface area contributed by atoms with Gasteiger partial charge in [0.25, 0.3) is 0 Å². The zero-order valence-corrected chi connectivity index (χ0v) is 15.1. The molecule has 0 unspecified atom stereocenters. The summed E-state index contributed by atoms with van der Waals surface area (Å²) in [5.41, 5.74) is 10.8. The lowest BCUT2D eigenvalue weighted by molar-refractivity contribution is -0.271. The van der Waals surface area contributed by atoms with Crippen molar-refractivity contribution in [3.05, 3.63) is 10.4 Å². The zero-order chi connectivity index (χ0) is 20.6. The van der Waals surface area contributed by atoms with Gasteiger partial charge in [-0.3, -0.25) is 19.2 Å². The first-order valence-corrected chi connectivity index (χ1v) is 7.75. The van der Waals surface area contributed by atoms with E-state index in [0.29, 0.717) is 0 Å². The monoisotopic (exact) mass is 388 g/mol. The average molecular weight is 388 g/mol. The molecule has 27 heavy (non-hydrogen) atoms. The van der Waals surface area contributed by atoms with Crippen molar-refractivity contribution in [3.8, 4) is 0 Å². The number of carbonyl (C=O) groups is 4. The molecule has 13 heteroatoms. The number of ether oxygens (including phenoxy) is 5. The summed E-state index contributed by atoms with van der Waals surface area (Å²) in [5.74, 6) is -2.87. The van der Waals surface area contributed by atoms with E-state index in [1.54, 1.807) is 0 Å². The second-order valence-corrected chi connectivity index (χ2v) is 5.45. The Morgan fingerprint density at radius 1 is 0.963 bits per heavy atom. The predicted molar refractivity (Wildman–Crippen MR) is 84.2 cm³/mol. The van der Waals surface area contributed by atoms with E-state index in [1.807, 2.05) is 0 Å². The van der Waals surface area contributed by atoms with Crippen molar-refractivity contribution < 1.29 is 42.9 Å². The summed E-state index contributed by atoms with van der Waals surface area (Å²) in [6, 6.07) is -1.20. The minimum absolute atomic E-state index is 0.378. The van der Waals surface area contributed by atoms with E-state index >= 15 is 0 Å². The van der Waals surface area contributed by atoms with Crippen LogP contribution in [0.5, 0.6) is 0 Å². The summed E-state index contributed by atoms with van der Waals surface area (Å²) in [6.45, 7) is 4.10. The van der Waals surface area contributed by atoms with Crippen molar-refractivity contribution >= 4 is 23.9 Å². The first-order valence-electron chi connectivity index (χ1n) is 7.75. The van der Waals surface area contributed by atoms with Gasteiger partial charge in [-0.1, -0.05) is 0 Å². The number of carbonyl (C=O) groups excluding carboxylic acids is 4. The van der Waals surface area contributed by atoms with Gasteiger partial charge in [0.2, 0.25) is 6.29 Å². The topological polar surface area (TPSA) is 175 Å². The number of nitrogens with one attached hydrogen (secondary N) is 1. The molecule has 1 aliphatic heterocycles. The fourth-order valence-corrected chi connectivity index (χ4v) is 2.40. The van der Waals surface area contributed by atoms with Crippen LogP contribution < -0.4 is 5.43 Å². The number of hydrogen-bond donors (Lipinski definition) is 1. The zero-order valence-electron chi connectivity index (χ0n) is 15.1. The fraction of sp³-hybridized carbons (Fsp3) is 0.714. The molecule has 0 amide bonds. The molecule has 0 aliphatic carbocycles. The van der Waals surface area contributed by atoms with Crippen LogP contribution in [0.3, 0.4) is 0 Å². The quantitative estimate of drug-likeness (QED) is 0.154. The number of hydrogen-bond acceptors (Lipinski definition) is 10. The summed E-state index contributed by atoms with van der Waals surface area (Å²) in [5, 5.41) is 3.17. The van der Waals surface area contributed by atoms with Gasteiger partial charge >= 0.3 is 23.9 Å². The predicted octanol–water partition coefficient (Wildman–Crippen LogP) is -0.116. The molecule has 1 heterocycles. The normalized spacial score (nSPS) is 26.7. The van der Waals surface area contributed by atoms with Crippen molar-refractivity contribution in [2.75, 3.05) is 6.61 Å². The van der Waals surface area contributed by atoms with Gasteiger partial charge in [0.15, 0.2) is 18.2 Å². The Hall–Kier alpha value is -3.05. The van der Waals surface area contributed by atoms with E-state index in [-0.39, 0.29) is 6.61 Å². The lowest BCUT2D eigenvalue weighted by atomic mass is 9.96. The fourth-order valence-electron chi connectivity index (χ4n) is 2.40. The Labute approximate surface area is 153 Å². The van der Waals surface area contributed by atoms with Gasteiger partial charge in [0, 0.05) is 27.7 Å². The third kappa shape index (κ3) is 6.99. The van der Waals surface area contributed by atoms with Crippen LogP contribution in [0, 0.1) is 0 Å². The Kier molecular flexibility index (Phi) is 8.30. The molecule has 1 N–H and O–H groups in total. The highest BCUT2D eigenvalue weighted by molar-refractivity contribution is 5.68. The molecule has 0 bridgehead atoms. The maximum absolute atomic E-state index is 11.5. The number of rotatable bonds is 7. The van der Waals surface area contributed by atoms with Crippen LogP contribution in [0.25, 0.3) is 10.4 Å². The highest BCUT2D eigenvalue weighted by atomic mass is 16.7. The number of esters is 4. The maximum atomic E-state index is 11.5. The highest BCUT2D eigenvalue weighted by Crippen LogP contribution is 2.28. The van der Waals surface area contributed by atoms with Crippen molar-refractivity contribution in [1.29, 1.82) is 0 Å². The molecule has 0 spiro atoms. The van der Waals surface area contributed by atoms with Crippen LogP contribution in [0.2, 0.25) is 0 Å². The second kappa shape index (κ2) is 10.2. The number of azide groups is 1. The standard InChI is InChI=1S/C14H20N4O9/c1-6(19)23-5-10-12(24-7(2)20)13(25-8(3)21)11(16-18-17-15)14(27-10)26-9(4)22/h10-14,16H,5H2,1-4H3/t10-,11+,12-,13-,14+/m1/s1. The van der Waals surface area contributed by atoms with Crippen molar-refractivity contribution in [2.45, 2.75) is 58.3 Å². The van der Waals surface area contributed by atoms with Crippen LogP contribution in [-0.4, -0.2) is 61.1 Å². The third-order valence-corrected chi connectivity index (χ3v) is 3.23. The first kappa shape index (κ1) is 22.0. The minimum atomic E-state index is -1.40. The van der Waals surface area contributed by atoms with Gasteiger partial charge in [0.05, 0.1) is 0 Å². The van der Waals surface area contributed by atoms with Gasteiger partial charge < -0.3 is 23.7 Å². The molecule has 1 fully saturated rings. The molecule has 150 valence electrons. The van der Waals surface area contributed by atoms with Crippen molar-refractivity contribution in [2.24, 2.45) is 5.22 Å². The molecular formula is C14H20N4O9. The van der Waals surface area contributed by atoms with Gasteiger partial charge in [0.1, 0.15) is 12.7 Å². The van der Waals surface area contributed by atoms with E-state index in [4.69, 9.17) is 29.2 Å². The molecule has 0 aromatic heterocycles. The average Bonchev–Trinajstić information content (AvgIpc) is 2.53. The molecule has 5 atom stereocenters. The molecule has 1 saturated heterocycles. The Morgan fingerprint density at radius 3 is 2.00 bits per heavy atom. The SMILES string of the molecule is CC(=O)OC[C@H]1O[C@H](OC(C)=O)[C@@H](NN=[N+]=[N-])[C@@H](OC(C)=O)[C@@H]1OC(C)=O. The minimum Gasteiger partial charge on any atom is -0.463 e. The molecule has 1 aliphatic rings. The molecule has 1 rings (SSSR count). The summed E-state index contributed by atoms with van der Waals surface area (Å²) in [6.07, 6.45) is -5.06. The lowest BCUT2D eigenvalue weighted by Gasteiger charge is -2.42. The Bertz CT molecular complexity index is 634. The van der Waals surface area contributed by atoms with Crippen LogP contribution in [0.15, 0.2) is 5.22 Å². The molecule has 0 radical (unpaired) electrons. The molecule has 13 nitrogen and oxygen atoms in total. The summed E-state index contributed by atoms with van der Waals surface area (Å²) in [4.78, 5) is 48.0. The van der Waals surface area contributed by atoms with Gasteiger partial charge in [-0.15, -0.1) is 5.53 Å². The van der Waals surface area contributed by atoms with Crippen molar-refractivity contribution in [3.63, 3.8) is 0 Å². The first-order chi connectivity index (χ1) is 12.6.